The van der Waals surface area contributed by atoms with Crippen LogP contribution in [-0.2, 0) is 11.3 Å². The van der Waals surface area contributed by atoms with Crippen LogP contribution in [0.4, 0.5) is 8.78 Å². The van der Waals surface area contributed by atoms with Crippen molar-refractivity contribution in [2.45, 2.75) is 57.0 Å². The van der Waals surface area contributed by atoms with E-state index in [2.05, 4.69) is 5.10 Å². The zero-order valence-corrected chi connectivity index (χ0v) is 24.7. The van der Waals surface area contributed by atoms with Crippen LogP contribution in [0.5, 0.6) is 0 Å². The zero-order chi connectivity index (χ0) is 29.1. The second kappa shape index (κ2) is 12.8. The topological polar surface area (TPSA) is 72.3 Å². The molecule has 0 atom stereocenters. The van der Waals surface area contributed by atoms with Crippen molar-refractivity contribution in [1.82, 2.24) is 14.7 Å². The van der Waals surface area contributed by atoms with Gasteiger partial charge in [-0.3, -0.25) is 19.1 Å². The second-order valence-corrected chi connectivity index (χ2v) is 11.7. The molecule has 212 valence electrons. The third kappa shape index (κ3) is 6.75. The van der Waals surface area contributed by atoms with Gasteiger partial charge in [-0.2, -0.15) is 5.10 Å². The molecule has 1 saturated carbocycles. The molecule has 4 rings (SSSR count). The molecule has 1 aliphatic rings. The number of thioether (sulfide) groups is 1. The normalized spacial score (nSPS) is 17.1. The van der Waals surface area contributed by atoms with Crippen LogP contribution in [-0.4, -0.2) is 45.0 Å². The lowest BCUT2D eigenvalue weighted by Gasteiger charge is -2.28. The minimum absolute atomic E-state index is 0.0390. The molecular formula is C29H29Cl2F2N3O3S. The number of hydrogen-bond acceptors (Lipinski definition) is 5. The van der Waals surface area contributed by atoms with E-state index in [4.69, 9.17) is 23.2 Å². The summed E-state index contributed by atoms with van der Waals surface area (Å²) in [4.78, 5) is 41.0. The van der Waals surface area contributed by atoms with Gasteiger partial charge in [0.2, 0.25) is 0 Å². The molecule has 2 aromatic carbocycles. The number of nitrogens with zero attached hydrogens (tertiary/aromatic N) is 3. The minimum Gasteiger partial charge on any atom is -0.326 e. The van der Waals surface area contributed by atoms with Crippen LogP contribution in [0.15, 0.2) is 41.4 Å². The molecule has 1 aliphatic carbocycles. The molecule has 0 unspecified atom stereocenters. The first kappa shape index (κ1) is 30.2. The third-order valence-corrected chi connectivity index (χ3v) is 8.64. The monoisotopic (exact) mass is 607 g/mol. The Bertz CT molecular complexity index is 1410. The number of benzene rings is 2. The molecule has 0 aliphatic heterocycles. The quantitative estimate of drug-likeness (QED) is 0.188. The highest BCUT2D eigenvalue weighted by Crippen LogP contribution is 2.34. The van der Waals surface area contributed by atoms with Crippen molar-refractivity contribution in [3.8, 4) is 0 Å². The Balaban J connectivity index is 1.63. The maximum absolute atomic E-state index is 14.0. The van der Waals surface area contributed by atoms with Crippen molar-refractivity contribution in [2.24, 2.45) is 5.92 Å². The number of hydrogen-bond donors (Lipinski definition) is 0. The van der Waals surface area contributed by atoms with E-state index in [9.17, 15) is 23.2 Å². The van der Waals surface area contributed by atoms with Gasteiger partial charge in [-0.1, -0.05) is 23.2 Å². The number of rotatable bonds is 9. The summed E-state index contributed by atoms with van der Waals surface area (Å²) >= 11 is 14.2. The van der Waals surface area contributed by atoms with Gasteiger partial charge in [-0.05, 0) is 75.6 Å². The van der Waals surface area contributed by atoms with Gasteiger partial charge in [0.25, 0.3) is 5.91 Å². The highest BCUT2D eigenvalue weighted by molar-refractivity contribution is 7.98. The van der Waals surface area contributed by atoms with Crippen molar-refractivity contribution in [2.75, 3.05) is 12.8 Å². The van der Waals surface area contributed by atoms with Crippen molar-refractivity contribution in [3.63, 3.8) is 0 Å². The van der Waals surface area contributed by atoms with E-state index in [0.717, 1.165) is 48.8 Å². The minimum atomic E-state index is -0.794. The van der Waals surface area contributed by atoms with Gasteiger partial charge in [0, 0.05) is 29.1 Å². The van der Waals surface area contributed by atoms with Crippen LogP contribution < -0.4 is 0 Å². The Morgan fingerprint density at radius 3 is 2.17 bits per heavy atom. The first-order valence-corrected chi connectivity index (χ1v) is 14.8. The number of halogens is 4. The Morgan fingerprint density at radius 2 is 1.62 bits per heavy atom. The first-order valence-electron chi connectivity index (χ1n) is 12.8. The molecule has 1 heterocycles. The van der Waals surface area contributed by atoms with Crippen molar-refractivity contribution < 1.29 is 23.2 Å². The van der Waals surface area contributed by atoms with Gasteiger partial charge in [-0.25, -0.2) is 8.78 Å². The van der Waals surface area contributed by atoms with E-state index in [1.165, 1.54) is 22.9 Å². The van der Waals surface area contributed by atoms with E-state index in [1.54, 1.807) is 30.7 Å². The van der Waals surface area contributed by atoms with Gasteiger partial charge in [0.15, 0.2) is 5.78 Å². The van der Waals surface area contributed by atoms with E-state index >= 15 is 0 Å². The van der Waals surface area contributed by atoms with Crippen molar-refractivity contribution >= 4 is 52.4 Å². The van der Waals surface area contributed by atoms with Gasteiger partial charge in [0.05, 0.1) is 40.0 Å². The third-order valence-electron chi connectivity index (χ3n) is 7.34. The molecule has 6 nitrogen and oxygen atoms in total. The highest BCUT2D eigenvalue weighted by Gasteiger charge is 2.30. The van der Waals surface area contributed by atoms with Crippen LogP contribution in [0.1, 0.15) is 70.6 Å². The lowest BCUT2D eigenvalue weighted by Crippen LogP contribution is -2.36. The molecule has 1 aromatic heterocycles. The summed E-state index contributed by atoms with van der Waals surface area (Å²) in [6.07, 6.45) is 6.32. The average molecular weight is 609 g/mol. The van der Waals surface area contributed by atoms with Gasteiger partial charge in [0.1, 0.15) is 17.4 Å². The molecule has 0 spiro atoms. The fourth-order valence-corrected chi connectivity index (χ4v) is 6.51. The molecule has 0 bridgehead atoms. The average Bonchev–Trinajstić information content (AvgIpc) is 3.27. The molecule has 40 heavy (non-hydrogen) atoms. The first-order chi connectivity index (χ1) is 19.0. The SMILES string of the molecule is CSc1cc(Cl)c(C(=O)CN(Cc2cc(F)cc(F)c2)C(=O)c2cnn([C@H]3CC[C@H](C(C)=O)CC3)c2C)c(Cl)c1. The molecule has 0 N–H and O–H groups in total. The summed E-state index contributed by atoms with van der Waals surface area (Å²) in [7, 11) is 0. The lowest BCUT2D eigenvalue weighted by molar-refractivity contribution is -0.121. The fourth-order valence-electron chi connectivity index (χ4n) is 5.21. The van der Waals surface area contributed by atoms with Crippen LogP contribution in [0.3, 0.4) is 0 Å². The molecule has 3 aromatic rings. The van der Waals surface area contributed by atoms with E-state index in [1.807, 2.05) is 6.26 Å². The predicted molar refractivity (Wildman–Crippen MR) is 152 cm³/mol. The van der Waals surface area contributed by atoms with E-state index < -0.39 is 29.9 Å². The van der Waals surface area contributed by atoms with Gasteiger partial charge in [-0.15, -0.1) is 11.8 Å². The van der Waals surface area contributed by atoms with Crippen molar-refractivity contribution in [3.05, 3.63) is 80.6 Å². The zero-order valence-electron chi connectivity index (χ0n) is 22.3. The summed E-state index contributed by atoms with van der Waals surface area (Å²) in [6.45, 7) is 2.72. The number of amides is 1. The molecule has 1 fully saturated rings. The smallest absolute Gasteiger partial charge is 0.258 e. The Hall–Kier alpha value is -2.75. The van der Waals surface area contributed by atoms with Gasteiger partial charge < -0.3 is 4.90 Å². The molecule has 0 radical (unpaired) electrons. The standard InChI is InChI=1S/C29H29Cl2F2N3O3S/c1-16-24(13-34-36(16)22-6-4-19(5-7-22)17(2)37)29(39)35(14-18-8-20(32)10-21(33)9-18)15-27(38)28-25(30)11-23(40-3)12-26(28)31/h8-13,19,22H,4-7,14-15H2,1-3H3/t19-,22-. The van der Waals surface area contributed by atoms with Crippen LogP contribution in [0, 0.1) is 24.5 Å². The summed E-state index contributed by atoms with van der Waals surface area (Å²) in [5.74, 6) is -2.39. The predicted octanol–water partition coefficient (Wildman–Crippen LogP) is 7.34. The number of ketones is 2. The van der Waals surface area contributed by atoms with Crippen LogP contribution in [0.25, 0.3) is 0 Å². The summed E-state index contributed by atoms with van der Waals surface area (Å²) < 4.78 is 29.7. The molecule has 11 heteroatoms. The van der Waals surface area contributed by atoms with Gasteiger partial charge >= 0.3 is 0 Å². The summed E-state index contributed by atoms with van der Waals surface area (Å²) in [6, 6.07) is 6.25. The van der Waals surface area contributed by atoms with E-state index in [-0.39, 0.29) is 51.0 Å². The number of carbonyl (C=O) groups excluding carboxylic acids is 3. The fraction of sp³-hybridized carbons (Fsp3) is 0.379. The number of carbonyl (C=O) groups is 3. The number of aromatic nitrogens is 2. The Labute approximate surface area is 246 Å². The van der Waals surface area contributed by atoms with Crippen LogP contribution in [0.2, 0.25) is 10.0 Å². The summed E-state index contributed by atoms with van der Waals surface area (Å²) in [5.41, 5.74) is 1.13. The highest BCUT2D eigenvalue weighted by atomic mass is 35.5. The largest absolute Gasteiger partial charge is 0.326 e. The maximum Gasteiger partial charge on any atom is 0.258 e. The van der Waals surface area contributed by atoms with Crippen molar-refractivity contribution in [1.29, 1.82) is 0 Å². The molecular weight excluding hydrogens is 579 g/mol. The maximum atomic E-state index is 14.0. The Morgan fingerprint density at radius 1 is 1.02 bits per heavy atom. The molecule has 0 saturated heterocycles. The second-order valence-electron chi connectivity index (χ2n) is 10.0. The molecule has 1 amide bonds. The van der Waals surface area contributed by atoms with Crippen LogP contribution >= 0.6 is 35.0 Å². The number of Topliss-reactive ketones (excluding diaryl/α,β-unsaturated/α-hetero) is 2. The van der Waals surface area contributed by atoms with E-state index in [0.29, 0.717) is 5.69 Å². The Kier molecular flexibility index (Phi) is 9.69. The summed E-state index contributed by atoms with van der Waals surface area (Å²) in [5, 5.41) is 4.77. The lowest BCUT2D eigenvalue weighted by atomic mass is 9.84.